The summed E-state index contributed by atoms with van der Waals surface area (Å²) < 4.78 is 5.36. The second-order valence-electron chi connectivity index (χ2n) is 6.65. The van der Waals surface area contributed by atoms with Crippen molar-refractivity contribution in [1.29, 1.82) is 0 Å². The molecule has 23 heavy (non-hydrogen) atoms. The number of ether oxygens (including phenoxy) is 1. The van der Waals surface area contributed by atoms with E-state index < -0.39 is 5.60 Å². The Labute approximate surface area is 137 Å². The van der Waals surface area contributed by atoms with Gasteiger partial charge in [-0.2, -0.15) is 0 Å². The van der Waals surface area contributed by atoms with E-state index in [0.29, 0.717) is 13.0 Å². The van der Waals surface area contributed by atoms with Crippen LogP contribution in [0.5, 0.6) is 0 Å². The Morgan fingerprint density at radius 2 is 1.83 bits per heavy atom. The number of anilines is 1. The summed E-state index contributed by atoms with van der Waals surface area (Å²) in [7, 11) is 0. The number of amides is 1. The van der Waals surface area contributed by atoms with Crippen molar-refractivity contribution in [3.05, 3.63) is 29.8 Å². The van der Waals surface area contributed by atoms with Gasteiger partial charge >= 0.3 is 0 Å². The number of benzene rings is 1. The third-order valence-corrected chi connectivity index (χ3v) is 4.83. The molecule has 0 spiro atoms. The van der Waals surface area contributed by atoms with Crippen molar-refractivity contribution in [2.24, 2.45) is 0 Å². The number of hydrogen-bond donors (Lipinski definition) is 2. The molecular formula is C18H26N2O3. The van der Waals surface area contributed by atoms with Crippen LogP contribution in [0.3, 0.4) is 0 Å². The van der Waals surface area contributed by atoms with Crippen LogP contribution >= 0.6 is 0 Å². The van der Waals surface area contributed by atoms with Gasteiger partial charge in [0.1, 0.15) is 0 Å². The molecule has 2 aliphatic rings. The molecular weight excluding hydrogens is 292 g/mol. The lowest BCUT2D eigenvalue weighted by molar-refractivity contribution is -0.121. The fourth-order valence-corrected chi connectivity index (χ4v) is 3.37. The van der Waals surface area contributed by atoms with Crippen LogP contribution in [-0.2, 0) is 16.0 Å². The number of morpholine rings is 1. The zero-order valence-electron chi connectivity index (χ0n) is 13.6. The Hall–Kier alpha value is -1.59. The highest BCUT2D eigenvalue weighted by molar-refractivity contribution is 5.78. The van der Waals surface area contributed by atoms with Crippen LogP contribution in [0, 0.1) is 0 Å². The summed E-state index contributed by atoms with van der Waals surface area (Å²) in [5.41, 5.74) is 1.49. The van der Waals surface area contributed by atoms with Crippen molar-refractivity contribution in [1.82, 2.24) is 5.32 Å². The molecule has 126 valence electrons. The second-order valence-corrected chi connectivity index (χ2v) is 6.65. The van der Waals surface area contributed by atoms with Crippen molar-refractivity contribution in [3.63, 3.8) is 0 Å². The Balaban J connectivity index is 1.48. The molecule has 2 N–H and O–H groups in total. The van der Waals surface area contributed by atoms with Gasteiger partial charge in [0, 0.05) is 25.3 Å². The van der Waals surface area contributed by atoms with E-state index in [0.717, 1.165) is 57.6 Å². The fraction of sp³-hybridized carbons (Fsp3) is 0.611. The van der Waals surface area contributed by atoms with E-state index in [1.54, 1.807) is 0 Å². The molecule has 2 fully saturated rings. The zero-order valence-corrected chi connectivity index (χ0v) is 13.6. The summed E-state index contributed by atoms with van der Waals surface area (Å²) >= 11 is 0. The van der Waals surface area contributed by atoms with Crippen molar-refractivity contribution in [2.75, 3.05) is 37.7 Å². The largest absolute Gasteiger partial charge is 0.388 e. The molecule has 1 aromatic carbocycles. The van der Waals surface area contributed by atoms with Gasteiger partial charge in [0.15, 0.2) is 0 Å². The quantitative estimate of drug-likeness (QED) is 0.863. The number of hydrogen-bond acceptors (Lipinski definition) is 4. The fourth-order valence-electron chi connectivity index (χ4n) is 3.37. The molecule has 1 saturated carbocycles. The van der Waals surface area contributed by atoms with Gasteiger partial charge in [-0.15, -0.1) is 0 Å². The molecule has 0 unspecified atom stereocenters. The third kappa shape index (κ3) is 4.45. The summed E-state index contributed by atoms with van der Waals surface area (Å²) in [6.07, 6.45) is 4.05. The summed E-state index contributed by atoms with van der Waals surface area (Å²) in [6.45, 7) is 3.74. The lowest BCUT2D eigenvalue weighted by Crippen LogP contribution is -2.41. The highest BCUT2D eigenvalue weighted by Crippen LogP contribution is 2.28. The van der Waals surface area contributed by atoms with E-state index in [1.807, 2.05) is 12.1 Å². The van der Waals surface area contributed by atoms with Gasteiger partial charge in [0.05, 0.1) is 25.2 Å². The Bertz CT molecular complexity index is 518. The van der Waals surface area contributed by atoms with Crippen LogP contribution in [0.4, 0.5) is 5.69 Å². The Morgan fingerprint density at radius 3 is 2.48 bits per heavy atom. The summed E-state index contributed by atoms with van der Waals surface area (Å²) in [4.78, 5) is 14.3. The maximum absolute atomic E-state index is 12.0. The smallest absolute Gasteiger partial charge is 0.224 e. The summed E-state index contributed by atoms with van der Waals surface area (Å²) in [6, 6.07) is 8.15. The minimum Gasteiger partial charge on any atom is -0.388 e. The van der Waals surface area contributed by atoms with E-state index in [9.17, 15) is 9.90 Å². The van der Waals surface area contributed by atoms with Gasteiger partial charge in [0.25, 0.3) is 0 Å². The van der Waals surface area contributed by atoms with Gasteiger partial charge in [0.2, 0.25) is 5.91 Å². The number of carbonyl (C=O) groups is 1. The van der Waals surface area contributed by atoms with Gasteiger partial charge < -0.3 is 20.1 Å². The standard InChI is InChI=1S/C18H26N2O3/c21-17(19-14-18(22)7-1-2-8-18)13-15-3-5-16(6-4-15)20-9-11-23-12-10-20/h3-6,22H,1-2,7-14H2,(H,19,21). The highest BCUT2D eigenvalue weighted by Gasteiger charge is 2.31. The maximum atomic E-state index is 12.0. The number of rotatable bonds is 5. The van der Waals surface area contributed by atoms with Gasteiger partial charge in [-0.1, -0.05) is 25.0 Å². The zero-order chi connectivity index (χ0) is 16.1. The number of carbonyl (C=O) groups excluding carboxylic acids is 1. The van der Waals surface area contributed by atoms with Crippen LogP contribution in [0.25, 0.3) is 0 Å². The number of nitrogens with zero attached hydrogens (tertiary/aromatic N) is 1. The van der Waals surface area contributed by atoms with Crippen LogP contribution in [0.2, 0.25) is 0 Å². The van der Waals surface area contributed by atoms with Crippen molar-refractivity contribution >= 4 is 11.6 Å². The van der Waals surface area contributed by atoms with Crippen LogP contribution in [-0.4, -0.2) is 49.5 Å². The number of nitrogens with one attached hydrogen (secondary N) is 1. The molecule has 0 aromatic heterocycles. The van der Waals surface area contributed by atoms with Gasteiger partial charge in [-0.05, 0) is 30.5 Å². The van der Waals surface area contributed by atoms with Crippen molar-refractivity contribution in [2.45, 2.75) is 37.7 Å². The molecule has 0 radical (unpaired) electrons. The van der Waals surface area contributed by atoms with Crippen molar-refractivity contribution < 1.29 is 14.6 Å². The van der Waals surface area contributed by atoms with Gasteiger partial charge in [-0.3, -0.25) is 4.79 Å². The molecule has 5 heteroatoms. The first kappa shape index (κ1) is 16.3. The van der Waals surface area contributed by atoms with Crippen LogP contribution in [0.1, 0.15) is 31.2 Å². The molecule has 1 amide bonds. The molecule has 1 heterocycles. The minimum atomic E-state index is -0.685. The molecule has 1 aliphatic carbocycles. The molecule has 1 saturated heterocycles. The topological polar surface area (TPSA) is 61.8 Å². The normalized spacial score (nSPS) is 20.5. The molecule has 1 aliphatic heterocycles. The van der Waals surface area contributed by atoms with E-state index in [4.69, 9.17) is 4.74 Å². The van der Waals surface area contributed by atoms with Crippen LogP contribution in [0.15, 0.2) is 24.3 Å². The maximum Gasteiger partial charge on any atom is 0.224 e. The average molecular weight is 318 g/mol. The Kier molecular flexibility index (Phi) is 5.18. The highest BCUT2D eigenvalue weighted by atomic mass is 16.5. The first-order valence-electron chi connectivity index (χ1n) is 8.55. The van der Waals surface area contributed by atoms with E-state index in [2.05, 4.69) is 22.3 Å². The molecule has 1 aromatic rings. The summed E-state index contributed by atoms with van der Waals surface area (Å²) in [5.74, 6) is -0.0237. The predicted molar refractivity (Wildman–Crippen MR) is 89.6 cm³/mol. The lowest BCUT2D eigenvalue weighted by atomic mass is 10.0. The molecule has 0 bridgehead atoms. The average Bonchev–Trinajstić information content (AvgIpc) is 3.02. The first-order valence-corrected chi connectivity index (χ1v) is 8.55. The third-order valence-electron chi connectivity index (χ3n) is 4.83. The molecule has 5 nitrogen and oxygen atoms in total. The van der Waals surface area contributed by atoms with Crippen LogP contribution < -0.4 is 10.2 Å². The second kappa shape index (κ2) is 7.32. The monoisotopic (exact) mass is 318 g/mol. The lowest BCUT2D eigenvalue weighted by Gasteiger charge is -2.28. The summed E-state index contributed by atoms with van der Waals surface area (Å²) in [5, 5.41) is 13.1. The van der Waals surface area contributed by atoms with Gasteiger partial charge in [-0.25, -0.2) is 0 Å². The van der Waals surface area contributed by atoms with E-state index in [-0.39, 0.29) is 5.91 Å². The SMILES string of the molecule is O=C(Cc1ccc(N2CCOCC2)cc1)NCC1(O)CCCC1. The van der Waals surface area contributed by atoms with E-state index >= 15 is 0 Å². The van der Waals surface area contributed by atoms with E-state index in [1.165, 1.54) is 5.69 Å². The molecule has 3 rings (SSSR count). The minimum absolute atomic E-state index is 0.0237. The van der Waals surface area contributed by atoms with Crippen molar-refractivity contribution in [3.8, 4) is 0 Å². The molecule has 0 atom stereocenters. The number of aliphatic hydroxyl groups is 1. The Morgan fingerprint density at radius 1 is 1.17 bits per heavy atom. The first-order chi connectivity index (χ1) is 11.1. The predicted octanol–water partition coefficient (Wildman–Crippen LogP) is 1.49.